The zero-order chi connectivity index (χ0) is 17.5. The summed E-state index contributed by atoms with van der Waals surface area (Å²) >= 11 is 0. The minimum absolute atomic E-state index is 0.576. The number of fused-ring (bicyclic) bond motifs is 1. The van der Waals surface area contributed by atoms with E-state index in [4.69, 9.17) is 16.2 Å². The van der Waals surface area contributed by atoms with Gasteiger partial charge in [-0.15, -0.1) is 0 Å². The van der Waals surface area contributed by atoms with E-state index in [-0.39, 0.29) is 0 Å². The highest BCUT2D eigenvalue weighted by Gasteiger charge is 2.63. The van der Waals surface area contributed by atoms with Crippen LogP contribution in [0.15, 0.2) is 0 Å². The van der Waals surface area contributed by atoms with Crippen molar-refractivity contribution in [3.8, 4) is 0 Å². The zero-order valence-corrected chi connectivity index (χ0v) is 11.6. The Labute approximate surface area is 128 Å². The molecule has 0 aromatic heterocycles. The van der Waals surface area contributed by atoms with Crippen molar-refractivity contribution in [2.45, 2.75) is 48.8 Å². The number of hydrogen-bond donors (Lipinski definition) is 7. The fourth-order valence-electron chi connectivity index (χ4n) is 2.69. The van der Waals surface area contributed by atoms with Gasteiger partial charge in [-0.3, -0.25) is 10.2 Å². The van der Waals surface area contributed by atoms with E-state index in [9.17, 15) is 28.6 Å². The second kappa shape index (κ2) is 5.86. The summed E-state index contributed by atoms with van der Waals surface area (Å²) in [4.78, 5) is 22.7. The van der Waals surface area contributed by atoms with E-state index in [2.05, 4.69) is 10.1 Å². The first-order valence-electron chi connectivity index (χ1n) is 6.58. The molecular weight excluding hydrogens is 322 g/mol. The largest absolute Gasteiger partial charge is 0.477 e. The summed E-state index contributed by atoms with van der Waals surface area (Å²) in [5, 5.41) is 39.9. The second-order valence-electron chi connectivity index (χ2n) is 5.37. The van der Waals surface area contributed by atoms with Crippen molar-refractivity contribution >= 4 is 17.8 Å². The molecule has 2 aliphatic rings. The van der Waals surface area contributed by atoms with Gasteiger partial charge in [-0.05, 0) is 0 Å². The van der Waals surface area contributed by atoms with Gasteiger partial charge in [0.25, 0.3) is 0 Å². The van der Waals surface area contributed by atoms with E-state index in [1.807, 2.05) is 5.32 Å². The maximum atomic E-state index is 14.4. The van der Waals surface area contributed by atoms with Crippen LogP contribution in [-0.4, -0.2) is 75.6 Å². The molecule has 2 aliphatic heterocycles. The smallest absolute Gasteiger partial charge is 0.372 e. The van der Waals surface area contributed by atoms with Gasteiger partial charge in [0.1, 0.15) is 12.2 Å². The van der Waals surface area contributed by atoms with Gasteiger partial charge in [0.2, 0.25) is 5.91 Å². The molecule has 10 nitrogen and oxygen atoms in total. The standard InChI is InChI=1S/C11H16F2N4O6/c12-8-5(17-10(14)15)4-7(23-11(8,13)9(21)22)6(20)2(18)1-3(19)16-4/h2,4-8,18,20H,1H2,(H,16,19)(H,21,22)(H4,14,15,17)/t2-,4?,5?,6-,7?,8?,11-/m1/s1. The van der Waals surface area contributed by atoms with Crippen molar-refractivity contribution in [1.29, 1.82) is 5.41 Å². The molecule has 4 unspecified atom stereocenters. The molecule has 12 heteroatoms. The number of carboxylic acids is 1. The Morgan fingerprint density at radius 3 is 2.65 bits per heavy atom. The number of rotatable bonds is 2. The average Bonchev–Trinajstić information content (AvgIpc) is 2.54. The Balaban J connectivity index is 2.47. The summed E-state index contributed by atoms with van der Waals surface area (Å²) in [5.74, 6) is -7.75. The molecule has 0 saturated carbocycles. The molecular formula is C11H16F2N4O6. The van der Waals surface area contributed by atoms with E-state index in [0.29, 0.717) is 0 Å². The third kappa shape index (κ3) is 2.92. The first kappa shape index (κ1) is 17.3. The lowest BCUT2D eigenvalue weighted by atomic mass is 9.87. The topological polar surface area (TPSA) is 178 Å². The summed E-state index contributed by atoms with van der Waals surface area (Å²) in [6, 6.07) is -3.27. The molecule has 8 N–H and O–H groups in total. The molecule has 0 aromatic carbocycles. The lowest BCUT2D eigenvalue weighted by molar-refractivity contribution is -0.274. The monoisotopic (exact) mass is 338 g/mol. The van der Waals surface area contributed by atoms with Crippen molar-refractivity contribution in [3.05, 3.63) is 0 Å². The predicted octanol–water partition coefficient (Wildman–Crippen LogP) is -3.06. The van der Waals surface area contributed by atoms with Gasteiger partial charge in [-0.2, -0.15) is 4.39 Å². The molecule has 0 aromatic rings. The van der Waals surface area contributed by atoms with Crippen LogP contribution in [0.3, 0.4) is 0 Å². The molecule has 130 valence electrons. The second-order valence-corrected chi connectivity index (χ2v) is 5.37. The fourth-order valence-corrected chi connectivity index (χ4v) is 2.69. The normalized spacial score (nSPS) is 43.7. The molecule has 0 bridgehead atoms. The predicted molar refractivity (Wildman–Crippen MR) is 68.6 cm³/mol. The van der Waals surface area contributed by atoms with Crippen LogP contribution in [0.4, 0.5) is 8.78 Å². The van der Waals surface area contributed by atoms with E-state index in [0.717, 1.165) is 0 Å². The summed E-state index contributed by atoms with van der Waals surface area (Å²) < 4.78 is 33.4. The quantitative estimate of drug-likeness (QED) is 0.205. The van der Waals surface area contributed by atoms with E-state index in [1.165, 1.54) is 0 Å². The van der Waals surface area contributed by atoms with Crippen LogP contribution >= 0.6 is 0 Å². The molecule has 2 rings (SSSR count). The van der Waals surface area contributed by atoms with Crippen LogP contribution in [-0.2, 0) is 14.3 Å². The third-order valence-electron chi connectivity index (χ3n) is 3.79. The van der Waals surface area contributed by atoms with Crippen LogP contribution in [0.1, 0.15) is 6.42 Å². The van der Waals surface area contributed by atoms with Gasteiger partial charge in [0.15, 0.2) is 12.1 Å². The number of ether oxygens (including phenoxy) is 1. The van der Waals surface area contributed by atoms with Crippen LogP contribution in [0.25, 0.3) is 0 Å². The lowest BCUT2D eigenvalue weighted by Gasteiger charge is -2.46. The maximum Gasteiger partial charge on any atom is 0.372 e. The first-order valence-corrected chi connectivity index (χ1v) is 6.58. The number of alkyl halides is 2. The Kier molecular flexibility index (Phi) is 4.41. The molecule has 0 spiro atoms. The van der Waals surface area contributed by atoms with E-state index < -0.39 is 66.7 Å². The molecule has 23 heavy (non-hydrogen) atoms. The number of aliphatic hydroxyl groups is 2. The Morgan fingerprint density at radius 2 is 2.13 bits per heavy atom. The summed E-state index contributed by atoms with van der Waals surface area (Å²) in [6.07, 6.45) is -8.74. The van der Waals surface area contributed by atoms with Crippen molar-refractivity contribution in [2.75, 3.05) is 0 Å². The Hall–Kier alpha value is -2.05. The third-order valence-corrected chi connectivity index (χ3v) is 3.79. The number of carboxylic acid groups (broad SMARTS) is 1. The van der Waals surface area contributed by atoms with Gasteiger partial charge in [-0.1, -0.05) is 0 Å². The van der Waals surface area contributed by atoms with Crippen LogP contribution < -0.4 is 16.4 Å². The number of hydrogen-bond acceptors (Lipinski definition) is 6. The molecule has 0 radical (unpaired) electrons. The van der Waals surface area contributed by atoms with Crippen molar-refractivity contribution < 1.29 is 38.4 Å². The summed E-state index contributed by atoms with van der Waals surface area (Å²) in [5.41, 5.74) is 5.08. The number of carbonyl (C=O) groups is 2. The highest BCUT2D eigenvalue weighted by Crippen LogP contribution is 2.36. The lowest BCUT2D eigenvalue weighted by Crippen LogP contribution is -2.73. The SMILES string of the molecule is N=C(N)NC1C2NC(=O)C[C@@H](O)[C@@H](O)C2O[C@@](F)(C(=O)O)C1F. The van der Waals surface area contributed by atoms with Crippen molar-refractivity contribution in [1.82, 2.24) is 10.6 Å². The number of carbonyl (C=O) groups excluding carboxylic acids is 1. The molecule has 1 amide bonds. The van der Waals surface area contributed by atoms with E-state index in [1.54, 1.807) is 0 Å². The number of aliphatic hydroxyl groups excluding tert-OH is 2. The molecule has 0 aliphatic carbocycles. The number of nitrogens with one attached hydrogen (secondary N) is 3. The highest BCUT2D eigenvalue weighted by molar-refractivity contribution is 5.80. The Bertz CT molecular complexity index is 537. The fraction of sp³-hybridized carbons (Fsp3) is 0.727. The molecule has 2 heterocycles. The summed E-state index contributed by atoms with van der Waals surface area (Å²) in [6.45, 7) is 0. The Morgan fingerprint density at radius 1 is 1.52 bits per heavy atom. The van der Waals surface area contributed by atoms with Crippen molar-refractivity contribution in [3.63, 3.8) is 0 Å². The first-order chi connectivity index (χ1) is 10.6. The maximum absolute atomic E-state index is 14.4. The minimum Gasteiger partial charge on any atom is -0.477 e. The summed E-state index contributed by atoms with van der Waals surface area (Å²) in [7, 11) is 0. The van der Waals surface area contributed by atoms with Gasteiger partial charge in [0, 0.05) is 0 Å². The van der Waals surface area contributed by atoms with Crippen LogP contribution in [0.2, 0.25) is 0 Å². The molecule has 2 saturated heterocycles. The van der Waals surface area contributed by atoms with Gasteiger partial charge in [-0.25, -0.2) is 9.18 Å². The van der Waals surface area contributed by atoms with E-state index >= 15 is 0 Å². The number of aliphatic carboxylic acids is 1. The van der Waals surface area contributed by atoms with Crippen molar-refractivity contribution in [2.24, 2.45) is 5.73 Å². The number of nitrogens with two attached hydrogens (primary N) is 1. The molecule has 2 fully saturated rings. The van der Waals surface area contributed by atoms with Gasteiger partial charge >= 0.3 is 11.8 Å². The average molecular weight is 338 g/mol. The number of amides is 1. The highest BCUT2D eigenvalue weighted by atomic mass is 19.2. The number of halogens is 2. The van der Waals surface area contributed by atoms with Crippen LogP contribution in [0, 0.1) is 5.41 Å². The van der Waals surface area contributed by atoms with Gasteiger partial charge in [0.05, 0.1) is 24.6 Å². The molecule has 7 atom stereocenters. The van der Waals surface area contributed by atoms with Crippen LogP contribution in [0.5, 0.6) is 0 Å². The number of guanidine groups is 1. The zero-order valence-electron chi connectivity index (χ0n) is 11.6. The minimum atomic E-state index is -3.86. The van der Waals surface area contributed by atoms with Gasteiger partial charge < -0.3 is 36.4 Å².